The summed E-state index contributed by atoms with van der Waals surface area (Å²) in [7, 11) is 2.62. The summed E-state index contributed by atoms with van der Waals surface area (Å²) < 4.78 is 46.7. The maximum atomic E-state index is 14.6. The maximum Gasteiger partial charge on any atom is 0.433 e. The van der Waals surface area contributed by atoms with Crippen molar-refractivity contribution in [1.82, 2.24) is 9.99 Å². The Hall–Kier alpha value is -4.43. The van der Waals surface area contributed by atoms with Crippen LogP contribution >= 0.6 is 27.5 Å². The number of carbonyl (C=O) groups excluding carboxylic acids is 4. The fourth-order valence-corrected chi connectivity index (χ4v) is 9.02. The van der Waals surface area contributed by atoms with E-state index in [4.69, 9.17) is 16.3 Å². The SMILES string of the molecule is COc1cc(Br)cc(C2C3=CCC4C(=O)N(N(C)c5nc(C(F)(F)F)ccc5Cl)C(=O)C4C3CC3C(=O)N(c4ccccc4)C(=O)C32C)c1O. The molecule has 3 heterocycles. The summed E-state index contributed by atoms with van der Waals surface area (Å²) in [5.41, 5.74) is -1.43. The van der Waals surface area contributed by atoms with E-state index in [1.165, 1.54) is 14.2 Å². The van der Waals surface area contributed by atoms with Crippen LogP contribution in [0.3, 0.4) is 0 Å². The molecule has 1 aromatic heterocycles. The molecule has 3 fully saturated rings. The van der Waals surface area contributed by atoms with Crippen molar-refractivity contribution >= 4 is 62.7 Å². The number of aromatic nitrogens is 1. The number of hydrogen-bond acceptors (Lipinski definition) is 8. The average Bonchev–Trinajstić information content (AvgIpc) is 3.44. The van der Waals surface area contributed by atoms with Crippen molar-refractivity contribution in [2.45, 2.75) is 31.9 Å². The number of allylic oxidation sites excluding steroid dienone is 2. The Morgan fingerprint density at radius 2 is 1.74 bits per heavy atom. The zero-order chi connectivity index (χ0) is 36.0. The quantitative estimate of drug-likeness (QED) is 0.230. The molecule has 10 nitrogen and oxygen atoms in total. The van der Waals surface area contributed by atoms with Gasteiger partial charge in [0.2, 0.25) is 11.8 Å². The predicted octanol–water partition coefficient (Wildman–Crippen LogP) is 6.51. The molecule has 2 saturated heterocycles. The molecule has 0 spiro atoms. The van der Waals surface area contributed by atoms with Gasteiger partial charge in [-0.25, -0.2) is 9.88 Å². The first-order valence-corrected chi connectivity index (χ1v) is 16.8. The third-order valence-corrected chi connectivity index (χ3v) is 11.3. The largest absolute Gasteiger partial charge is 0.504 e. The summed E-state index contributed by atoms with van der Waals surface area (Å²) in [6.07, 6.45) is -2.94. The van der Waals surface area contributed by atoms with Crippen LogP contribution in [-0.2, 0) is 25.4 Å². The lowest BCUT2D eigenvalue weighted by molar-refractivity contribution is -0.141. The number of methoxy groups -OCH3 is 1. The number of phenolic OH excluding ortho intramolecular Hbond substituents is 1. The third kappa shape index (κ3) is 4.85. The zero-order valence-corrected chi connectivity index (χ0v) is 29.1. The van der Waals surface area contributed by atoms with Gasteiger partial charge in [0.15, 0.2) is 17.3 Å². The highest BCUT2D eigenvalue weighted by Crippen LogP contribution is 2.65. The topological polar surface area (TPSA) is 120 Å². The van der Waals surface area contributed by atoms with E-state index in [9.17, 15) is 37.5 Å². The summed E-state index contributed by atoms with van der Waals surface area (Å²) >= 11 is 9.71. The first-order chi connectivity index (χ1) is 23.6. The van der Waals surface area contributed by atoms with Crippen LogP contribution in [0, 0.1) is 29.1 Å². The number of phenols is 1. The number of rotatable bonds is 5. The van der Waals surface area contributed by atoms with E-state index in [0.717, 1.165) is 21.0 Å². The van der Waals surface area contributed by atoms with Crippen LogP contribution in [0.15, 0.2) is 70.7 Å². The minimum Gasteiger partial charge on any atom is -0.504 e. The van der Waals surface area contributed by atoms with Gasteiger partial charge in [-0.1, -0.05) is 57.4 Å². The van der Waals surface area contributed by atoms with Crippen molar-refractivity contribution in [3.05, 3.63) is 87.0 Å². The second kappa shape index (κ2) is 11.8. The van der Waals surface area contributed by atoms with E-state index >= 15 is 0 Å². The zero-order valence-electron chi connectivity index (χ0n) is 26.7. The lowest BCUT2D eigenvalue weighted by Gasteiger charge is -2.49. The molecule has 1 saturated carbocycles. The molecule has 4 amide bonds. The molecule has 0 bridgehead atoms. The average molecular weight is 774 g/mol. The van der Waals surface area contributed by atoms with Crippen LogP contribution in [-0.4, -0.2) is 52.9 Å². The minimum absolute atomic E-state index is 0.0267. The smallest absolute Gasteiger partial charge is 0.433 e. The number of para-hydroxylation sites is 1. The molecule has 7 rings (SSSR count). The van der Waals surface area contributed by atoms with E-state index in [2.05, 4.69) is 20.9 Å². The van der Waals surface area contributed by atoms with Crippen molar-refractivity contribution in [1.29, 1.82) is 0 Å². The van der Waals surface area contributed by atoms with Crippen LogP contribution in [0.5, 0.6) is 11.5 Å². The molecule has 15 heteroatoms. The number of fused-ring (bicyclic) bond motifs is 4. The molecule has 0 radical (unpaired) electrons. The van der Waals surface area contributed by atoms with Gasteiger partial charge in [-0.3, -0.25) is 24.2 Å². The Morgan fingerprint density at radius 3 is 2.40 bits per heavy atom. The van der Waals surface area contributed by atoms with E-state index in [1.54, 1.807) is 55.5 Å². The number of hydrazine groups is 1. The molecule has 4 aliphatic rings. The van der Waals surface area contributed by atoms with Gasteiger partial charge in [0.25, 0.3) is 11.8 Å². The number of hydrogen-bond donors (Lipinski definition) is 1. The number of aromatic hydroxyl groups is 1. The Balaban J connectivity index is 1.35. The number of imide groups is 2. The van der Waals surface area contributed by atoms with Crippen molar-refractivity contribution in [2.24, 2.45) is 29.1 Å². The number of alkyl halides is 3. The van der Waals surface area contributed by atoms with Crippen molar-refractivity contribution in [3.63, 3.8) is 0 Å². The minimum atomic E-state index is -4.81. The van der Waals surface area contributed by atoms with E-state index < -0.39 is 76.3 Å². The molecular formula is C35H29BrClF3N4O6. The normalized spacial score (nSPS) is 27.6. The van der Waals surface area contributed by atoms with Crippen LogP contribution < -0.4 is 14.6 Å². The maximum absolute atomic E-state index is 14.6. The molecule has 6 unspecified atom stereocenters. The number of anilines is 2. The lowest BCUT2D eigenvalue weighted by atomic mass is 9.51. The fourth-order valence-electron chi connectivity index (χ4n) is 8.34. The molecule has 6 atom stereocenters. The fraction of sp³-hybridized carbons (Fsp3) is 0.343. The Morgan fingerprint density at radius 1 is 1.04 bits per heavy atom. The molecule has 2 aromatic carbocycles. The van der Waals surface area contributed by atoms with Gasteiger partial charge in [-0.05, 0) is 62.1 Å². The molecule has 50 heavy (non-hydrogen) atoms. The second-order valence-electron chi connectivity index (χ2n) is 13.1. The molecule has 2 aliphatic carbocycles. The highest BCUT2D eigenvalue weighted by molar-refractivity contribution is 9.10. The van der Waals surface area contributed by atoms with Crippen molar-refractivity contribution in [2.75, 3.05) is 24.1 Å². The molecule has 2 aliphatic heterocycles. The van der Waals surface area contributed by atoms with Crippen LogP contribution in [0.4, 0.5) is 24.7 Å². The van der Waals surface area contributed by atoms with Gasteiger partial charge in [-0.15, -0.1) is 0 Å². The van der Waals surface area contributed by atoms with Crippen LogP contribution in [0.1, 0.15) is 36.9 Å². The van der Waals surface area contributed by atoms with E-state index in [-0.39, 0.29) is 29.4 Å². The molecule has 1 N–H and O–H groups in total. The van der Waals surface area contributed by atoms with Gasteiger partial charge in [-0.2, -0.15) is 18.2 Å². The van der Waals surface area contributed by atoms with E-state index in [0.29, 0.717) is 27.4 Å². The van der Waals surface area contributed by atoms with Crippen LogP contribution in [0.2, 0.25) is 5.02 Å². The number of amides is 4. The molecular weight excluding hydrogens is 745 g/mol. The van der Waals surface area contributed by atoms with Gasteiger partial charge in [0.1, 0.15) is 5.69 Å². The second-order valence-corrected chi connectivity index (χ2v) is 14.4. The van der Waals surface area contributed by atoms with Crippen molar-refractivity contribution in [3.8, 4) is 11.5 Å². The standard InChI is InChI=1S/C35H29BrClF3N4O6/c1-34-22(31(47)43(33(34)49)17-7-5-4-6-8-17)15-20-18(27(34)21-13-16(36)14-24(50-3)28(21)45)9-10-19-26(20)32(48)44(30(19)46)42(2)29-23(37)11-12-25(41-29)35(38,39)40/h4-9,11-14,19-20,22,26-27,45H,10,15H2,1-3H3. The third-order valence-electron chi connectivity index (χ3n) is 10.6. The number of carbonyl (C=O) groups is 4. The predicted molar refractivity (Wildman–Crippen MR) is 178 cm³/mol. The number of ether oxygens (including phenoxy) is 1. The van der Waals surface area contributed by atoms with E-state index in [1.807, 2.05) is 0 Å². The lowest BCUT2D eigenvalue weighted by Crippen LogP contribution is -2.49. The highest BCUT2D eigenvalue weighted by atomic mass is 79.9. The first kappa shape index (κ1) is 34.0. The Labute approximate surface area is 297 Å². The van der Waals surface area contributed by atoms with Crippen molar-refractivity contribution < 1.29 is 42.2 Å². The Bertz CT molecular complexity index is 2010. The summed E-state index contributed by atoms with van der Waals surface area (Å²) in [6, 6.07) is 13.4. The summed E-state index contributed by atoms with van der Waals surface area (Å²) in [5, 5.41) is 13.0. The number of nitrogens with zero attached hydrogens (tertiary/aromatic N) is 4. The van der Waals surface area contributed by atoms with Gasteiger partial charge >= 0.3 is 6.18 Å². The molecule has 260 valence electrons. The monoisotopic (exact) mass is 772 g/mol. The summed E-state index contributed by atoms with van der Waals surface area (Å²) in [5.74, 6) is -7.52. The first-order valence-electron chi connectivity index (χ1n) is 15.7. The Kier molecular flexibility index (Phi) is 8.05. The number of benzene rings is 2. The number of pyridine rings is 1. The molecule has 3 aromatic rings. The summed E-state index contributed by atoms with van der Waals surface area (Å²) in [6.45, 7) is 1.69. The van der Waals surface area contributed by atoms with Gasteiger partial charge in [0.05, 0.1) is 41.0 Å². The van der Waals surface area contributed by atoms with Gasteiger partial charge < -0.3 is 9.84 Å². The summed E-state index contributed by atoms with van der Waals surface area (Å²) in [4.78, 5) is 62.0. The number of halogens is 5. The van der Waals surface area contributed by atoms with Gasteiger partial charge in [0, 0.05) is 23.0 Å². The van der Waals surface area contributed by atoms with Crippen LogP contribution in [0.25, 0.3) is 0 Å². The highest BCUT2D eigenvalue weighted by Gasteiger charge is 2.68.